The van der Waals surface area contributed by atoms with Crippen LogP contribution in [-0.4, -0.2) is 113 Å². The zero-order chi connectivity index (χ0) is 47.4. The number of carbonyl (C=O) groups is 7. The Balaban J connectivity index is 1.40. The third kappa shape index (κ3) is 8.41. The van der Waals surface area contributed by atoms with Gasteiger partial charge in [0.1, 0.15) is 42.1 Å². The van der Waals surface area contributed by atoms with Gasteiger partial charge in [-0.05, 0) is 75.3 Å². The number of fused-ring (bicyclic) bond motifs is 4. The Kier molecular flexibility index (Phi) is 12.6. The number of carbonyl (C=O) groups excluding carboxylic acids is 7. The largest absolute Gasteiger partial charge is 0.455 e. The number of esters is 5. The molecule has 1 amide bonds. The SMILES string of the molecule is CC(=O)O[C@H]1C(=O)[C@]23C[C@H]2C[C@H]2OC[C@@]2(OC(C)=O)[C@H]3[C@H](OC(=O)c2ccccc2)[C@]2(O)C[C@H](OC(=O)[C@H](OC(=O)CNO)[C@@H](NC(=O)OC(C)(C)C)c3ccccc3)C(C)=C1C2(C)C. The van der Waals surface area contributed by atoms with Crippen molar-refractivity contribution < 1.29 is 77.0 Å². The molecule has 5 aliphatic rings. The summed E-state index contributed by atoms with van der Waals surface area (Å²) in [6, 6.07) is 14.5. The van der Waals surface area contributed by atoms with Crippen LogP contribution >= 0.6 is 0 Å². The number of rotatable bonds is 12. The number of hydroxylamine groups is 1. The minimum atomic E-state index is -2.33. The lowest BCUT2D eigenvalue weighted by molar-refractivity contribution is -0.323. The Bertz CT molecular complexity index is 2270. The molecule has 18 heteroatoms. The fourth-order valence-corrected chi connectivity index (χ4v) is 10.8. The minimum Gasteiger partial charge on any atom is -0.455 e. The van der Waals surface area contributed by atoms with Gasteiger partial charge >= 0.3 is 35.9 Å². The summed E-state index contributed by atoms with van der Waals surface area (Å²) >= 11 is 0. The fourth-order valence-electron chi connectivity index (χ4n) is 10.8. The molecule has 0 unspecified atom stereocenters. The maximum atomic E-state index is 15.6. The van der Waals surface area contributed by atoms with Crippen LogP contribution in [0.2, 0.25) is 0 Å². The van der Waals surface area contributed by atoms with Gasteiger partial charge in [0.2, 0.25) is 6.10 Å². The van der Waals surface area contributed by atoms with E-state index in [4.69, 9.17) is 33.2 Å². The van der Waals surface area contributed by atoms with Crippen LogP contribution in [0.3, 0.4) is 0 Å². The van der Waals surface area contributed by atoms with E-state index >= 15 is 4.79 Å². The summed E-state index contributed by atoms with van der Waals surface area (Å²) in [5.74, 6) is -7.07. The molecule has 1 aliphatic heterocycles. The van der Waals surface area contributed by atoms with Gasteiger partial charge in [-0.25, -0.2) is 14.4 Å². The van der Waals surface area contributed by atoms with Crippen molar-refractivity contribution in [2.45, 2.75) is 128 Å². The van der Waals surface area contributed by atoms with Gasteiger partial charge in [-0.2, -0.15) is 5.48 Å². The highest BCUT2D eigenvalue weighted by molar-refractivity contribution is 5.98. The van der Waals surface area contributed by atoms with E-state index in [0.717, 1.165) is 6.92 Å². The summed E-state index contributed by atoms with van der Waals surface area (Å²) in [5, 5.41) is 25.8. The molecule has 4 fully saturated rings. The summed E-state index contributed by atoms with van der Waals surface area (Å²) in [6.45, 7) is 11.0. The van der Waals surface area contributed by atoms with E-state index in [-0.39, 0.29) is 41.7 Å². The summed E-state index contributed by atoms with van der Waals surface area (Å²) in [4.78, 5) is 97.3. The Hall–Kier alpha value is -5.69. The number of Topliss-reactive ketones (excluding diaryl/α,β-unsaturated/α-hetero) is 1. The third-order valence-electron chi connectivity index (χ3n) is 13.6. The van der Waals surface area contributed by atoms with Crippen LogP contribution in [0, 0.1) is 22.7 Å². The van der Waals surface area contributed by atoms with Gasteiger partial charge in [-0.1, -0.05) is 62.4 Å². The lowest BCUT2D eigenvalue weighted by Crippen LogP contribution is -2.78. The number of benzene rings is 2. The fraction of sp³-hybridized carbons (Fsp3) is 0.553. The molecular weight excluding hydrogens is 849 g/mol. The monoisotopic (exact) mass is 904 g/mol. The van der Waals surface area contributed by atoms with Crippen LogP contribution in [-0.2, 0) is 57.1 Å². The first-order valence-corrected chi connectivity index (χ1v) is 21.5. The number of hydrogen-bond acceptors (Lipinski definition) is 17. The first-order valence-electron chi connectivity index (χ1n) is 21.5. The summed E-state index contributed by atoms with van der Waals surface area (Å²) < 4.78 is 42.0. The maximum absolute atomic E-state index is 15.6. The zero-order valence-corrected chi connectivity index (χ0v) is 37.5. The third-order valence-corrected chi connectivity index (χ3v) is 13.6. The molecule has 11 atom stereocenters. The number of ether oxygens (including phenoxy) is 7. The lowest BCUT2D eigenvalue weighted by Gasteiger charge is -2.64. The molecule has 0 radical (unpaired) electrons. The summed E-state index contributed by atoms with van der Waals surface area (Å²) in [5.41, 5.74) is -5.67. The number of aliphatic hydroxyl groups is 1. The molecule has 2 aromatic carbocycles. The normalized spacial score (nSPS) is 31.6. The number of alkyl carbamates (subject to hydrolysis) is 1. The number of hydrogen-bond donors (Lipinski definition) is 4. The second-order valence-corrected chi connectivity index (χ2v) is 19.1. The average molecular weight is 905 g/mol. The topological polar surface area (TPSA) is 249 Å². The molecule has 1 saturated heterocycles. The molecule has 4 N–H and O–H groups in total. The van der Waals surface area contributed by atoms with Gasteiger partial charge in [0.05, 0.1) is 18.1 Å². The van der Waals surface area contributed by atoms with Crippen LogP contribution in [0.4, 0.5) is 4.79 Å². The molecule has 3 saturated carbocycles. The van der Waals surface area contributed by atoms with E-state index in [2.05, 4.69) is 5.32 Å². The van der Waals surface area contributed by atoms with Crippen LogP contribution < -0.4 is 10.8 Å². The van der Waals surface area contributed by atoms with Gasteiger partial charge in [0, 0.05) is 31.1 Å². The van der Waals surface area contributed by atoms with E-state index in [1.54, 1.807) is 95.6 Å². The van der Waals surface area contributed by atoms with Gasteiger partial charge in [-0.15, -0.1) is 0 Å². The molecule has 7 rings (SSSR count). The van der Waals surface area contributed by atoms with Crippen LogP contribution in [0.25, 0.3) is 0 Å². The van der Waals surface area contributed by atoms with E-state index in [1.807, 2.05) is 0 Å². The molecular formula is C47H56N2O16. The highest BCUT2D eigenvalue weighted by Gasteiger charge is 2.84. The summed E-state index contributed by atoms with van der Waals surface area (Å²) in [6.07, 6.45) is -8.63. The molecule has 1 spiro atoms. The van der Waals surface area contributed by atoms with Gasteiger partial charge in [-0.3, -0.25) is 19.2 Å². The minimum absolute atomic E-state index is 0.0709. The molecule has 0 aromatic heterocycles. The van der Waals surface area contributed by atoms with E-state index in [9.17, 15) is 39.1 Å². The van der Waals surface area contributed by atoms with Gasteiger partial charge in [0.15, 0.2) is 17.5 Å². The molecule has 1 heterocycles. The smallest absolute Gasteiger partial charge is 0.408 e. The Morgan fingerprint density at radius 1 is 0.908 bits per heavy atom. The lowest BCUT2D eigenvalue weighted by atomic mass is 9.48. The van der Waals surface area contributed by atoms with E-state index in [0.29, 0.717) is 0 Å². The van der Waals surface area contributed by atoms with E-state index in [1.165, 1.54) is 19.1 Å². The van der Waals surface area contributed by atoms with Crippen molar-refractivity contribution in [2.75, 3.05) is 13.2 Å². The first-order chi connectivity index (χ1) is 30.5. The Morgan fingerprint density at radius 3 is 2.12 bits per heavy atom. The van der Waals surface area contributed by atoms with Crippen LogP contribution in [0.15, 0.2) is 71.8 Å². The quantitative estimate of drug-likeness (QED) is 0.102. The summed E-state index contributed by atoms with van der Waals surface area (Å²) in [7, 11) is 0. The van der Waals surface area contributed by atoms with Crippen molar-refractivity contribution in [3.05, 3.63) is 82.9 Å². The predicted octanol–water partition coefficient (Wildman–Crippen LogP) is 4.00. The van der Waals surface area contributed by atoms with E-state index < -0.39 is 131 Å². The van der Waals surface area contributed by atoms with Gasteiger partial charge in [0.25, 0.3) is 0 Å². The average Bonchev–Trinajstić information content (AvgIpc) is 3.95. The maximum Gasteiger partial charge on any atom is 0.408 e. The predicted molar refractivity (Wildman–Crippen MR) is 223 cm³/mol. The highest BCUT2D eigenvalue weighted by Crippen LogP contribution is 2.74. The van der Waals surface area contributed by atoms with Crippen molar-refractivity contribution in [3.8, 4) is 0 Å². The second-order valence-electron chi connectivity index (χ2n) is 19.1. The highest BCUT2D eigenvalue weighted by atomic mass is 16.6. The molecule has 350 valence electrons. The number of amides is 1. The molecule has 4 aliphatic carbocycles. The van der Waals surface area contributed by atoms with Crippen LogP contribution in [0.5, 0.6) is 0 Å². The van der Waals surface area contributed by atoms with Crippen molar-refractivity contribution >= 4 is 41.7 Å². The number of nitrogens with one attached hydrogen (secondary N) is 2. The molecule has 2 bridgehead atoms. The first kappa shape index (κ1) is 47.3. The zero-order valence-electron chi connectivity index (χ0n) is 37.5. The van der Waals surface area contributed by atoms with Gasteiger partial charge < -0.3 is 48.8 Å². The second kappa shape index (κ2) is 17.3. The Morgan fingerprint density at radius 2 is 1.55 bits per heavy atom. The standard InChI is InChI=1S/C47H56N2O16/c1-24-30(61-41(55)36(62-32(52)22-48-58)34(27-15-11-9-12-16-27)49-42(56)65-43(4,5)6)21-47(57)39(63-40(54)28-17-13-10-14-18-28)37-45(38(53)35(60-25(2)50)33(24)44(47,7)8)20-29(45)19-31-46(37,23-59-31)64-26(3)51/h9-18,29-31,34-37,39,48,57-58H,19-23H2,1-8H3,(H,49,56)/t29-,30+,31-,34+,35-,36-,37+,39+,45-,46+,47-/m1/s1. The molecule has 65 heavy (non-hydrogen) atoms. The van der Waals surface area contributed by atoms with Crippen molar-refractivity contribution in [3.63, 3.8) is 0 Å². The molecule has 2 aromatic rings. The number of ketones is 1. The van der Waals surface area contributed by atoms with Crippen LogP contribution in [0.1, 0.15) is 96.6 Å². The van der Waals surface area contributed by atoms with Crippen molar-refractivity contribution in [1.82, 2.24) is 10.8 Å². The van der Waals surface area contributed by atoms with Crippen molar-refractivity contribution in [2.24, 2.45) is 22.7 Å². The molecule has 18 nitrogen and oxygen atoms in total. The van der Waals surface area contributed by atoms with Crippen molar-refractivity contribution in [1.29, 1.82) is 0 Å². The Labute approximate surface area is 375 Å².